The van der Waals surface area contributed by atoms with Gasteiger partial charge in [-0.15, -0.1) is 0 Å². The smallest absolute Gasteiger partial charge is 0.123 e. The lowest BCUT2D eigenvalue weighted by molar-refractivity contribution is -0.00778. The number of halogens is 1. The molecule has 1 atom stereocenters. The van der Waals surface area contributed by atoms with Gasteiger partial charge >= 0.3 is 0 Å². The maximum Gasteiger partial charge on any atom is 0.123 e. The second kappa shape index (κ2) is 6.68. The number of aliphatic hydroxyl groups is 1. The molecule has 1 saturated carbocycles. The molecule has 0 bridgehead atoms. The third-order valence-corrected chi connectivity index (χ3v) is 4.42. The molecule has 1 unspecified atom stereocenters. The number of benzene rings is 1. The van der Waals surface area contributed by atoms with Crippen molar-refractivity contribution in [1.29, 1.82) is 0 Å². The first-order valence-corrected chi connectivity index (χ1v) is 7.67. The second-order valence-electron chi connectivity index (χ2n) is 6.52. The van der Waals surface area contributed by atoms with Gasteiger partial charge in [-0.3, -0.25) is 0 Å². The summed E-state index contributed by atoms with van der Waals surface area (Å²) in [7, 11) is 0. The van der Waals surface area contributed by atoms with E-state index in [1.807, 2.05) is 6.07 Å². The van der Waals surface area contributed by atoms with Crippen molar-refractivity contribution in [2.24, 2.45) is 5.92 Å². The van der Waals surface area contributed by atoms with Crippen LogP contribution in [0.4, 0.5) is 4.39 Å². The highest BCUT2D eigenvalue weighted by molar-refractivity contribution is 5.17. The van der Waals surface area contributed by atoms with Crippen molar-refractivity contribution < 1.29 is 9.50 Å². The molecule has 2 rings (SSSR count). The summed E-state index contributed by atoms with van der Waals surface area (Å²) in [5.74, 6) is 0.551. The summed E-state index contributed by atoms with van der Waals surface area (Å²) < 4.78 is 13.1. The molecule has 3 heteroatoms. The van der Waals surface area contributed by atoms with Crippen LogP contribution in [0.25, 0.3) is 0 Å². The first-order chi connectivity index (χ1) is 9.47. The molecular formula is C17H26FNO. The molecule has 0 aromatic heterocycles. The van der Waals surface area contributed by atoms with Crippen LogP contribution in [0.1, 0.15) is 45.1 Å². The van der Waals surface area contributed by atoms with E-state index in [4.69, 9.17) is 0 Å². The van der Waals surface area contributed by atoms with E-state index in [-0.39, 0.29) is 11.9 Å². The zero-order valence-corrected chi connectivity index (χ0v) is 12.5. The van der Waals surface area contributed by atoms with E-state index in [1.165, 1.54) is 6.07 Å². The van der Waals surface area contributed by atoms with Crippen LogP contribution >= 0.6 is 0 Å². The van der Waals surface area contributed by atoms with E-state index in [9.17, 15) is 9.50 Å². The molecule has 20 heavy (non-hydrogen) atoms. The third-order valence-electron chi connectivity index (χ3n) is 4.42. The Kier molecular flexibility index (Phi) is 5.17. The largest absolute Gasteiger partial charge is 0.389 e. The van der Waals surface area contributed by atoms with Crippen LogP contribution in [0.2, 0.25) is 0 Å². The first kappa shape index (κ1) is 15.5. The molecule has 112 valence electrons. The van der Waals surface area contributed by atoms with Crippen LogP contribution in [-0.4, -0.2) is 23.3 Å². The highest BCUT2D eigenvalue weighted by Crippen LogP contribution is 2.31. The van der Waals surface area contributed by atoms with E-state index in [0.717, 1.165) is 43.6 Å². The summed E-state index contributed by atoms with van der Waals surface area (Å²) in [6, 6.07) is 6.97. The Morgan fingerprint density at radius 3 is 2.75 bits per heavy atom. The summed E-state index contributed by atoms with van der Waals surface area (Å²) in [6.45, 7) is 4.97. The van der Waals surface area contributed by atoms with Crippen molar-refractivity contribution in [3.63, 3.8) is 0 Å². The topological polar surface area (TPSA) is 32.3 Å². The third kappa shape index (κ3) is 4.57. The van der Waals surface area contributed by atoms with Crippen molar-refractivity contribution >= 4 is 0 Å². The van der Waals surface area contributed by atoms with Crippen LogP contribution in [0, 0.1) is 11.7 Å². The van der Waals surface area contributed by atoms with Gasteiger partial charge < -0.3 is 10.4 Å². The lowest BCUT2D eigenvalue weighted by Crippen LogP contribution is -2.46. The van der Waals surface area contributed by atoms with Gasteiger partial charge in [0.05, 0.1) is 5.60 Å². The van der Waals surface area contributed by atoms with E-state index in [1.54, 1.807) is 12.1 Å². The lowest BCUT2D eigenvalue weighted by Gasteiger charge is -2.36. The van der Waals surface area contributed by atoms with Gasteiger partial charge in [-0.1, -0.05) is 19.1 Å². The van der Waals surface area contributed by atoms with E-state index in [2.05, 4.69) is 19.2 Å². The maximum absolute atomic E-state index is 13.1. The van der Waals surface area contributed by atoms with E-state index >= 15 is 0 Å². The average molecular weight is 279 g/mol. The molecule has 0 aliphatic heterocycles. The fourth-order valence-electron chi connectivity index (χ4n) is 2.93. The number of rotatable bonds is 5. The fraction of sp³-hybridized carbons (Fsp3) is 0.647. The minimum absolute atomic E-state index is 0.186. The molecule has 0 saturated heterocycles. The molecule has 0 amide bonds. The summed E-state index contributed by atoms with van der Waals surface area (Å²) in [6.07, 6.45) is 4.76. The number of hydrogen-bond acceptors (Lipinski definition) is 2. The molecule has 1 fully saturated rings. The maximum atomic E-state index is 13.1. The van der Waals surface area contributed by atoms with Crippen molar-refractivity contribution in [3.05, 3.63) is 35.6 Å². The van der Waals surface area contributed by atoms with Gasteiger partial charge in [-0.2, -0.15) is 0 Å². The Morgan fingerprint density at radius 1 is 1.40 bits per heavy atom. The van der Waals surface area contributed by atoms with Gasteiger partial charge in [0.15, 0.2) is 0 Å². The minimum atomic E-state index is -0.553. The van der Waals surface area contributed by atoms with Gasteiger partial charge in [0.1, 0.15) is 5.82 Å². The monoisotopic (exact) mass is 279 g/mol. The molecule has 0 heterocycles. The zero-order chi connectivity index (χ0) is 14.6. The molecule has 1 aromatic carbocycles. The Hall–Kier alpha value is -0.930. The summed E-state index contributed by atoms with van der Waals surface area (Å²) in [5.41, 5.74) is 0.442. The Morgan fingerprint density at radius 2 is 2.10 bits per heavy atom. The van der Waals surface area contributed by atoms with Crippen molar-refractivity contribution in [2.75, 3.05) is 6.54 Å². The zero-order valence-electron chi connectivity index (χ0n) is 12.5. The van der Waals surface area contributed by atoms with Crippen LogP contribution in [0.15, 0.2) is 24.3 Å². The molecule has 2 N–H and O–H groups in total. The highest BCUT2D eigenvalue weighted by Gasteiger charge is 2.31. The molecule has 0 radical (unpaired) electrons. The van der Waals surface area contributed by atoms with E-state index < -0.39 is 5.60 Å². The normalized spacial score (nSPS) is 28.3. The second-order valence-corrected chi connectivity index (χ2v) is 6.52. The predicted octanol–water partition coefficient (Wildman–Crippen LogP) is 3.29. The lowest BCUT2D eigenvalue weighted by atomic mass is 9.79. The van der Waals surface area contributed by atoms with Crippen molar-refractivity contribution in [2.45, 2.75) is 57.6 Å². The SMILES string of the molecule is CC1CCC(O)(CNC(C)Cc2cccc(F)c2)CC1. The Balaban J connectivity index is 1.79. The minimum Gasteiger partial charge on any atom is -0.389 e. The van der Waals surface area contributed by atoms with Gasteiger partial charge in [0.25, 0.3) is 0 Å². The average Bonchev–Trinajstić information content (AvgIpc) is 2.41. The van der Waals surface area contributed by atoms with Crippen LogP contribution in [0.5, 0.6) is 0 Å². The predicted molar refractivity (Wildman–Crippen MR) is 80.2 cm³/mol. The standard InChI is InChI=1S/C17H26FNO/c1-13-6-8-17(20,9-7-13)12-19-14(2)10-15-4-3-5-16(18)11-15/h3-5,11,13-14,19-20H,6-10,12H2,1-2H3. The molecule has 1 aliphatic rings. The number of hydrogen-bond donors (Lipinski definition) is 2. The molecular weight excluding hydrogens is 253 g/mol. The molecule has 0 spiro atoms. The quantitative estimate of drug-likeness (QED) is 0.867. The van der Waals surface area contributed by atoms with E-state index in [0.29, 0.717) is 6.54 Å². The molecule has 2 nitrogen and oxygen atoms in total. The summed E-state index contributed by atoms with van der Waals surface area (Å²) >= 11 is 0. The number of nitrogens with one attached hydrogen (secondary N) is 1. The van der Waals surface area contributed by atoms with Gasteiger partial charge in [0, 0.05) is 12.6 Å². The summed E-state index contributed by atoms with van der Waals surface area (Å²) in [4.78, 5) is 0. The fourth-order valence-corrected chi connectivity index (χ4v) is 2.93. The summed E-state index contributed by atoms with van der Waals surface area (Å²) in [5, 5.41) is 13.9. The van der Waals surface area contributed by atoms with Crippen molar-refractivity contribution in [1.82, 2.24) is 5.32 Å². The van der Waals surface area contributed by atoms with Gasteiger partial charge in [-0.05, 0) is 62.6 Å². The van der Waals surface area contributed by atoms with Crippen LogP contribution in [-0.2, 0) is 6.42 Å². The highest BCUT2D eigenvalue weighted by atomic mass is 19.1. The molecule has 1 aliphatic carbocycles. The van der Waals surface area contributed by atoms with Crippen LogP contribution in [0.3, 0.4) is 0 Å². The Labute approximate surface area is 121 Å². The Bertz CT molecular complexity index is 427. The first-order valence-electron chi connectivity index (χ1n) is 7.67. The molecule has 1 aromatic rings. The van der Waals surface area contributed by atoms with Crippen molar-refractivity contribution in [3.8, 4) is 0 Å². The van der Waals surface area contributed by atoms with Gasteiger partial charge in [0.2, 0.25) is 0 Å². The van der Waals surface area contributed by atoms with Gasteiger partial charge in [-0.25, -0.2) is 4.39 Å². The van der Waals surface area contributed by atoms with Crippen LogP contribution < -0.4 is 5.32 Å².